The zero-order valence-electron chi connectivity index (χ0n) is 13.3. The van der Waals surface area contributed by atoms with Crippen LogP contribution < -0.4 is 20.1 Å². The molecule has 0 aliphatic rings. The number of hydrogen-bond donors (Lipinski definition) is 2. The van der Waals surface area contributed by atoms with E-state index in [-0.39, 0.29) is 6.03 Å². The number of urea groups is 1. The van der Waals surface area contributed by atoms with Crippen molar-refractivity contribution in [3.8, 4) is 11.5 Å². The van der Waals surface area contributed by atoms with Gasteiger partial charge in [-0.3, -0.25) is 0 Å². The Morgan fingerprint density at radius 2 is 1.74 bits per heavy atom. The molecular formula is C17H19ClN2O3. The van der Waals surface area contributed by atoms with Crippen LogP contribution in [0.5, 0.6) is 11.5 Å². The minimum Gasteiger partial charge on any atom is -0.497 e. The summed E-state index contributed by atoms with van der Waals surface area (Å²) in [5.41, 5.74) is 2.52. The number of halogens is 1. The van der Waals surface area contributed by atoms with E-state index in [0.29, 0.717) is 28.8 Å². The average molecular weight is 335 g/mol. The quantitative estimate of drug-likeness (QED) is 0.869. The SMILES string of the molecule is COc1cc(NC(=O)NCc2ccc(C)c(Cl)c2)cc(OC)c1. The van der Waals surface area contributed by atoms with Gasteiger partial charge in [0.15, 0.2) is 0 Å². The Hall–Kier alpha value is -2.40. The molecule has 2 aromatic carbocycles. The summed E-state index contributed by atoms with van der Waals surface area (Å²) in [4.78, 5) is 12.0. The standard InChI is InChI=1S/C17H19ClN2O3/c1-11-4-5-12(6-16(11)18)10-19-17(21)20-13-7-14(22-2)9-15(8-13)23-3/h4-9H,10H2,1-3H3,(H2,19,20,21). The maximum atomic E-state index is 12.0. The van der Waals surface area contributed by atoms with E-state index in [0.717, 1.165) is 11.1 Å². The maximum absolute atomic E-state index is 12.0. The largest absolute Gasteiger partial charge is 0.497 e. The van der Waals surface area contributed by atoms with E-state index in [2.05, 4.69) is 10.6 Å². The minimum absolute atomic E-state index is 0.322. The highest BCUT2D eigenvalue weighted by Gasteiger charge is 2.06. The lowest BCUT2D eigenvalue weighted by Crippen LogP contribution is -2.28. The van der Waals surface area contributed by atoms with Crippen LogP contribution in [0.4, 0.5) is 10.5 Å². The van der Waals surface area contributed by atoms with Gasteiger partial charge in [0.05, 0.1) is 14.2 Å². The van der Waals surface area contributed by atoms with Crippen molar-refractivity contribution in [3.05, 3.63) is 52.5 Å². The third-order valence-electron chi connectivity index (χ3n) is 3.30. The number of rotatable bonds is 5. The minimum atomic E-state index is -0.322. The molecule has 2 rings (SSSR count). The van der Waals surface area contributed by atoms with Gasteiger partial charge in [0.1, 0.15) is 11.5 Å². The Morgan fingerprint density at radius 1 is 1.09 bits per heavy atom. The van der Waals surface area contributed by atoms with Crippen molar-refractivity contribution in [2.45, 2.75) is 13.5 Å². The van der Waals surface area contributed by atoms with Gasteiger partial charge in [0.25, 0.3) is 0 Å². The molecule has 23 heavy (non-hydrogen) atoms. The molecule has 0 aromatic heterocycles. The fourth-order valence-electron chi connectivity index (χ4n) is 1.98. The number of anilines is 1. The van der Waals surface area contributed by atoms with Crippen molar-refractivity contribution in [3.63, 3.8) is 0 Å². The van der Waals surface area contributed by atoms with Crippen molar-refractivity contribution in [2.24, 2.45) is 0 Å². The number of hydrogen-bond acceptors (Lipinski definition) is 3. The fourth-order valence-corrected chi connectivity index (χ4v) is 2.19. The zero-order valence-corrected chi connectivity index (χ0v) is 14.0. The molecule has 0 aliphatic heterocycles. The Morgan fingerprint density at radius 3 is 2.30 bits per heavy atom. The summed E-state index contributed by atoms with van der Waals surface area (Å²) in [6.07, 6.45) is 0. The smallest absolute Gasteiger partial charge is 0.319 e. The van der Waals surface area contributed by atoms with Crippen LogP contribution in [0, 0.1) is 6.92 Å². The summed E-state index contributed by atoms with van der Waals surface area (Å²) in [7, 11) is 3.11. The summed E-state index contributed by atoms with van der Waals surface area (Å²) in [5.74, 6) is 1.20. The van der Waals surface area contributed by atoms with Crippen molar-refractivity contribution in [2.75, 3.05) is 19.5 Å². The highest BCUT2D eigenvalue weighted by molar-refractivity contribution is 6.31. The summed E-state index contributed by atoms with van der Waals surface area (Å²) in [6, 6.07) is 10.5. The lowest BCUT2D eigenvalue weighted by Gasteiger charge is -2.11. The molecule has 2 aromatic rings. The Kier molecular flexibility index (Phi) is 5.71. The predicted molar refractivity (Wildman–Crippen MR) is 91.6 cm³/mol. The van der Waals surface area contributed by atoms with Crippen LogP contribution in [0.2, 0.25) is 5.02 Å². The maximum Gasteiger partial charge on any atom is 0.319 e. The highest BCUT2D eigenvalue weighted by atomic mass is 35.5. The molecule has 2 N–H and O–H groups in total. The second kappa shape index (κ2) is 7.74. The molecule has 0 heterocycles. The average Bonchev–Trinajstić information content (AvgIpc) is 2.55. The van der Waals surface area contributed by atoms with Crippen LogP contribution >= 0.6 is 11.6 Å². The predicted octanol–water partition coefficient (Wildman–Crippen LogP) is 3.99. The lowest BCUT2D eigenvalue weighted by molar-refractivity contribution is 0.251. The van der Waals surface area contributed by atoms with Gasteiger partial charge in [-0.15, -0.1) is 0 Å². The third-order valence-corrected chi connectivity index (χ3v) is 3.71. The number of ether oxygens (including phenoxy) is 2. The first kappa shape index (κ1) is 17.0. The number of amides is 2. The monoisotopic (exact) mass is 334 g/mol. The van der Waals surface area contributed by atoms with Crippen LogP contribution in [0.1, 0.15) is 11.1 Å². The molecule has 2 amide bonds. The van der Waals surface area contributed by atoms with Crippen molar-refractivity contribution < 1.29 is 14.3 Å². The van der Waals surface area contributed by atoms with E-state index < -0.39 is 0 Å². The number of methoxy groups -OCH3 is 2. The molecule has 0 radical (unpaired) electrons. The summed E-state index contributed by atoms with van der Waals surface area (Å²) in [5, 5.41) is 6.21. The van der Waals surface area contributed by atoms with E-state index in [1.54, 1.807) is 32.4 Å². The molecule has 122 valence electrons. The van der Waals surface area contributed by atoms with Gasteiger partial charge in [-0.05, 0) is 24.1 Å². The molecule has 5 nitrogen and oxygen atoms in total. The first-order valence-electron chi connectivity index (χ1n) is 7.05. The van der Waals surface area contributed by atoms with Crippen molar-refractivity contribution in [1.82, 2.24) is 5.32 Å². The number of aryl methyl sites for hydroxylation is 1. The molecule has 6 heteroatoms. The molecule has 0 atom stereocenters. The van der Waals surface area contributed by atoms with E-state index in [1.165, 1.54) is 0 Å². The van der Waals surface area contributed by atoms with E-state index in [4.69, 9.17) is 21.1 Å². The van der Waals surface area contributed by atoms with E-state index in [9.17, 15) is 4.79 Å². The number of benzene rings is 2. The molecule has 0 saturated heterocycles. The Labute approximate surface area is 140 Å². The van der Waals surface area contributed by atoms with Gasteiger partial charge in [-0.2, -0.15) is 0 Å². The first-order chi connectivity index (χ1) is 11.0. The number of nitrogens with one attached hydrogen (secondary N) is 2. The third kappa shape index (κ3) is 4.79. The highest BCUT2D eigenvalue weighted by Crippen LogP contribution is 2.25. The van der Waals surface area contributed by atoms with Gasteiger partial charge < -0.3 is 20.1 Å². The second-order valence-corrected chi connectivity index (χ2v) is 5.40. The van der Waals surface area contributed by atoms with Crippen LogP contribution in [0.15, 0.2) is 36.4 Å². The van der Waals surface area contributed by atoms with Crippen LogP contribution in [0.25, 0.3) is 0 Å². The normalized spacial score (nSPS) is 10.1. The van der Waals surface area contributed by atoms with Gasteiger partial charge in [-0.1, -0.05) is 23.7 Å². The Bertz CT molecular complexity index is 682. The molecule has 0 spiro atoms. The first-order valence-corrected chi connectivity index (χ1v) is 7.42. The van der Waals surface area contributed by atoms with E-state index >= 15 is 0 Å². The lowest BCUT2D eigenvalue weighted by atomic mass is 10.1. The van der Waals surface area contributed by atoms with Gasteiger partial charge in [0.2, 0.25) is 0 Å². The van der Waals surface area contributed by atoms with Crippen LogP contribution in [-0.2, 0) is 6.54 Å². The van der Waals surface area contributed by atoms with Gasteiger partial charge >= 0.3 is 6.03 Å². The van der Waals surface area contributed by atoms with Crippen molar-refractivity contribution in [1.29, 1.82) is 0 Å². The van der Waals surface area contributed by atoms with Gasteiger partial charge in [0, 0.05) is 35.5 Å². The topological polar surface area (TPSA) is 59.6 Å². The van der Waals surface area contributed by atoms with E-state index in [1.807, 2.05) is 25.1 Å². The molecule has 0 saturated carbocycles. The zero-order chi connectivity index (χ0) is 16.8. The molecule has 0 unspecified atom stereocenters. The second-order valence-electron chi connectivity index (χ2n) is 4.99. The summed E-state index contributed by atoms with van der Waals surface area (Å²) < 4.78 is 10.3. The van der Waals surface area contributed by atoms with Crippen LogP contribution in [-0.4, -0.2) is 20.3 Å². The summed E-state index contributed by atoms with van der Waals surface area (Å²) >= 11 is 6.07. The number of carbonyl (C=O) groups excluding carboxylic acids is 1. The summed E-state index contributed by atoms with van der Waals surface area (Å²) in [6.45, 7) is 2.31. The fraction of sp³-hybridized carbons (Fsp3) is 0.235. The number of carbonyl (C=O) groups is 1. The van der Waals surface area contributed by atoms with Gasteiger partial charge in [-0.25, -0.2) is 4.79 Å². The molecular weight excluding hydrogens is 316 g/mol. The molecule has 0 bridgehead atoms. The Balaban J connectivity index is 1.97. The molecule has 0 fully saturated rings. The van der Waals surface area contributed by atoms with Crippen LogP contribution in [0.3, 0.4) is 0 Å². The van der Waals surface area contributed by atoms with Crippen molar-refractivity contribution >= 4 is 23.3 Å². The molecule has 0 aliphatic carbocycles.